The molecular formula is C17H23N3OS. The first-order chi connectivity index (χ1) is 10.6. The smallest absolute Gasteiger partial charge is 0.191 e. The molecule has 3 N–H and O–H groups in total. The summed E-state index contributed by atoms with van der Waals surface area (Å²) in [4.78, 5) is 4.55. The number of nitrogens with one attached hydrogen (secondary N) is 2. The first-order valence-electron chi connectivity index (χ1n) is 7.43. The van der Waals surface area contributed by atoms with E-state index in [4.69, 9.17) is 0 Å². The topological polar surface area (TPSA) is 56.7 Å². The minimum Gasteiger partial charge on any atom is -0.384 e. The van der Waals surface area contributed by atoms with Crippen LogP contribution in [0.15, 0.2) is 52.2 Å². The normalized spacial score (nSPS) is 14.4. The summed E-state index contributed by atoms with van der Waals surface area (Å²) in [6.45, 7) is 5.63. The molecule has 0 radical (unpaired) electrons. The number of aliphatic hydroxyl groups is 1. The molecule has 0 amide bonds. The van der Waals surface area contributed by atoms with Crippen molar-refractivity contribution < 1.29 is 5.11 Å². The van der Waals surface area contributed by atoms with Crippen LogP contribution in [-0.2, 0) is 12.1 Å². The Bertz CT molecular complexity index is 579. The molecule has 2 aromatic rings. The third-order valence-electron chi connectivity index (χ3n) is 3.35. The van der Waals surface area contributed by atoms with Crippen molar-refractivity contribution in [3.05, 3.63) is 58.3 Å². The highest BCUT2D eigenvalue weighted by molar-refractivity contribution is 7.08. The van der Waals surface area contributed by atoms with E-state index in [2.05, 4.69) is 27.8 Å². The molecule has 1 heterocycles. The Morgan fingerprint density at radius 2 is 2.00 bits per heavy atom. The Morgan fingerprint density at radius 3 is 2.64 bits per heavy atom. The lowest BCUT2D eigenvalue weighted by Crippen LogP contribution is -2.44. The quantitative estimate of drug-likeness (QED) is 0.567. The van der Waals surface area contributed by atoms with Gasteiger partial charge in [-0.1, -0.05) is 30.3 Å². The van der Waals surface area contributed by atoms with E-state index in [-0.39, 0.29) is 0 Å². The SMILES string of the molecule is CCNC(=NCc1ccccc1)NCC(C)(O)c1ccsc1. The van der Waals surface area contributed by atoms with Crippen LogP contribution in [0.3, 0.4) is 0 Å². The molecule has 0 aliphatic rings. The van der Waals surface area contributed by atoms with E-state index in [0.717, 1.165) is 17.7 Å². The van der Waals surface area contributed by atoms with E-state index in [9.17, 15) is 5.11 Å². The minimum atomic E-state index is -0.914. The van der Waals surface area contributed by atoms with Crippen molar-refractivity contribution in [3.63, 3.8) is 0 Å². The summed E-state index contributed by atoms with van der Waals surface area (Å²) in [5.41, 5.74) is 1.16. The van der Waals surface area contributed by atoms with E-state index >= 15 is 0 Å². The molecule has 5 heteroatoms. The number of guanidine groups is 1. The Morgan fingerprint density at radius 1 is 1.23 bits per heavy atom. The summed E-state index contributed by atoms with van der Waals surface area (Å²) < 4.78 is 0. The standard InChI is InChI=1S/C17H23N3OS/c1-3-18-16(19-11-14-7-5-4-6-8-14)20-13-17(2,21)15-9-10-22-12-15/h4-10,12,21H,3,11,13H2,1-2H3,(H2,18,19,20). The molecule has 22 heavy (non-hydrogen) atoms. The van der Waals surface area contributed by atoms with Crippen LogP contribution in [-0.4, -0.2) is 24.2 Å². The lowest BCUT2D eigenvalue weighted by atomic mass is 9.99. The molecule has 0 fully saturated rings. The Labute approximate surface area is 135 Å². The van der Waals surface area contributed by atoms with Crippen LogP contribution in [0.2, 0.25) is 0 Å². The third-order valence-corrected chi connectivity index (χ3v) is 4.03. The number of benzene rings is 1. The van der Waals surface area contributed by atoms with Gasteiger partial charge in [0, 0.05) is 6.54 Å². The molecule has 1 aromatic carbocycles. The zero-order valence-corrected chi connectivity index (χ0v) is 13.9. The zero-order chi connectivity index (χ0) is 15.8. The number of thiophene rings is 1. The average molecular weight is 317 g/mol. The van der Waals surface area contributed by atoms with Gasteiger partial charge in [-0.2, -0.15) is 11.3 Å². The van der Waals surface area contributed by atoms with Crippen LogP contribution in [0.1, 0.15) is 25.0 Å². The van der Waals surface area contributed by atoms with Crippen LogP contribution < -0.4 is 10.6 Å². The molecule has 0 aliphatic heterocycles. The fourth-order valence-electron chi connectivity index (χ4n) is 2.02. The summed E-state index contributed by atoms with van der Waals surface area (Å²) in [7, 11) is 0. The van der Waals surface area contributed by atoms with Gasteiger partial charge in [0.15, 0.2) is 5.96 Å². The highest BCUT2D eigenvalue weighted by atomic mass is 32.1. The van der Waals surface area contributed by atoms with Gasteiger partial charge < -0.3 is 15.7 Å². The molecule has 0 bridgehead atoms. The van der Waals surface area contributed by atoms with Crippen LogP contribution in [0.5, 0.6) is 0 Å². The van der Waals surface area contributed by atoms with Crippen LogP contribution in [0.25, 0.3) is 0 Å². The molecule has 0 saturated carbocycles. The second-order valence-electron chi connectivity index (χ2n) is 5.32. The summed E-state index contributed by atoms with van der Waals surface area (Å²) in [6.07, 6.45) is 0. The molecule has 2 rings (SSSR count). The molecule has 1 aromatic heterocycles. The van der Waals surface area contributed by atoms with E-state index < -0.39 is 5.60 Å². The summed E-state index contributed by atoms with van der Waals surface area (Å²) in [6, 6.07) is 12.1. The van der Waals surface area contributed by atoms with Crippen molar-refractivity contribution in [1.82, 2.24) is 10.6 Å². The summed E-state index contributed by atoms with van der Waals surface area (Å²) in [5.74, 6) is 0.710. The van der Waals surface area contributed by atoms with E-state index in [1.807, 2.05) is 48.9 Å². The molecule has 4 nitrogen and oxygen atoms in total. The minimum absolute atomic E-state index is 0.407. The third kappa shape index (κ3) is 4.86. The Balaban J connectivity index is 1.96. The highest BCUT2D eigenvalue weighted by Crippen LogP contribution is 2.21. The molecule has 1 atom stereocenters. The Hall–Kier alpha value is -1.85. The molecule has 0 saturated heterocycles. The van der Waals surface area contributed by atoms with Gasteiger partial charge in [0.1, 0.15) is 5.60 Å². The van der Waals surface area contributed by atoms with Gasteiger partial charge in [-0.05, 0) is 41.8 Å². The van der Waals surface area contributed by atoms with E-state index in [1.54, 1.807) is 11.3 Å². The first kappa shape index (κ1) is 16.5. The van der Waals surface area contributed by atoms with Gasteiger partial charge >= 0.3 is 0 Å². The predicted molar refractivity (Wildman–Crippen MR) is 93.2 cm³/mol. The van der Waals surface area contributed by atoms with Gasteiger partial charge in [0.05, 0.1) is 13.1 Å². The highest BCUT2D eigenvalue weighted by Gasteiger charge is 2.23. The number of rotatable bonds is 6. The van der Waals surface area contributed by atoms with Gasteiger partial charge in [0.2, 0.25) is 0 Å². The maximum absolute atomic E-state index is 10.5. The van der Waals surface area contributed by atoms with Gasteiger partial charge in [-0.25, -0.2) is 4.99 Å². The van der Waals surface area contributed by atoms with Crippen molar-refractivity contribution >= 4 is 17.3 Å². The van der Waals surface area contributed by atoms with Crippen LogP contribution in [0.4, 0.5) is 0 Å². The van der Waals surface area contributed by atoms with Crippen molar-refractivity contribution in [1.29, 1.82) is 0 Å². The van der Waals surface area contributed by atoms with Crippen LogP contribution in [0, 0.1) is 0 Å². The number of hydrogen-bond donors (Lipinski definition) is 3. The fraction of sp³-hybridized carbons (Fsp3) is 0.353. The molecule has 1 unspecified atom stereocenters. The van der Waals surface area contributed by atoms with Crippen LogP contribution >= 0.6 is 11.3 Å². The van der Waals surface area contributed by atoms with E-state index in [0.29, 0.717) is 19.0 Å². The lowest BCUT2D eigenvalue weighted by molar-refractivity contribution is 0.0621. The molecular weight excluding hydrogens is 294 g/mol. The van der Waals surface area contributed by atoms with Crippen molar-refractivity contribution in [3.8, 4) is 0 Å². The van der Waals surface area contributed by atoms with Gasteiger partial charge in [0.25, 0.3) is 0 Å². The number of hydrogen-bond acceptors (Lipinski definition) is 3. The summed E-state index contributed by atoms with van der Waals surface area (Å²) >= 11 is 1.58. The lowest BCUT2D eigenvalue weighted by Gasteiger charge is -2.24. The second kappa shape index (κ2) is 7.96. The maximum Gasteiger partial charge on any atom is 0.191 e. The molecule has 0 aliphatic carbocycles. The zero-order valence-electron chi connectivity index (χ0n) is 13.0. The monoisotopic (exact) mass is 317 g/mol. The average Bonchev–Trinajstić information content (AvgIpc) is 3.06. The first-order valence-corrected chi connectivity index (χ1v) is 8.37. The van der Waals surface area contributed by atoms with Crippen molar-refractivity contribution in [2.24, 2.45) is 4.99 Å². The van der Waals surface area contributed by atoms with Gasteiger partial charge in [-0.15, -0.1) is 0 Å². The van der Waals surface area contributed by atoms with Crippen molar-refractivity contribution in [2.45, 2.75) is 26.0 Å². The number of aliphatic imine (C=N–C) groups is 1. The largest absolute Gasteiger partial charge is 0.384 e. The fourth-order valence-corrected chi connectivity index (χ4v) is 2.81. The summed E-state index contributed by atoms with van der Waals surface area (Å²) in [5, 5.41) is 20.9. The van der Waals surface area contributed by atoms with Crippen molar-refractivity contribution in [2.75, 3.05) is 13.1 Å². The number of nitrogens with zero attached hydrogens (tertiary/aromatic N) is 1. The molecule has 0 spiro atoms. The van der Waals surface area contributed by atoms with E-state index in [1.165, 1.54) is 0 Å². The van der Waals surface area contributed by atoms with Gasteiger partial charge in [-0.3, -0.25) is 0 Å². The molecule has 118 valence electrons. The second-order valence-corrected chi connectivity index (χ2v) is 6.10. The Kier molecular flexibility index (Phi) is 5.98. The maximum atomic E-state index is 10.5. The predicted octanol–water partition coefficient (Wildman–Crippen LogP) is 2.71.